The van der Waals surface area contributed by atoms with E-state index in [9.17, 15) is 0 Å². The molecule has 2 aromatic heterocycles. The number of guanidine groups is 1. The number of methoxy groups -OCH3 is 1. The summed E-state index contributed by atoms with van der Waals surface area (Å²) in [6, 6.07) is 8.12. The van der Waals surface area contributed by atoms with E-state index in [1.165, 1.54) is 5.56 Å². The second-order valence-corrected chi connectivity index (χ2v) is 8.53. The normalized spacial score (nSPS) is 11.7. The number of aromatic nitrogens is 4. The predicted molar refractivity (Wildman–Crippen MR) is 125 cm³/mol. The SMILES string of the molecule is COc1ccc(CCNC(=NCc2nnc(C)n2C)NCc2nc(C(C)C)cs2)cc1. The van der Waals surface area contributed by atoms with Crippen molar-refractivity contribution in [3.05, 3.63) is 57.6 Å². The molecule has 0 unspecified atom stereocenters. The Kier molecular flexibility index (Phi) is 8.00. The number of aryl methyl sites for hydroxylation is 1. The maximum Gasteiger partial charge on any atom is 0.192 e. The zero-order valence-electron chi connectivity index (χ0n) is 18.8. The van der Waals surface area contributed by atoms with Crippen molar-refractivity contribution >= 4 is 17.3 Å². The van der Waals surface area contributed by atoms with E-state index in [2.05, 4.69) is 52.2 Å². The fourth-order valence-electron chi connectivity index (χ4n) is 2.86. The summed E-state index contributed by atoms with van der Waals surface area (Å²) in [5, 5.41) is 18.3. The molecule has 0 bridgehead atoms. The largest absolute Gasteiger partial charge is 0.497 e. The van der Waals surface area contributed by atoms with E-state index in [0.29, 0.717) is 19.0 Å². The summed E-state index contributed by atoms with van der Waals surface area (Å²) in [7, 11) is 3.63. The molecule has 31 heavy (non-hydrogen) atoms. The Morgan fingerprint density at radius 2 is 1.97 bits per heavy atom. The fraction of sp³-hybridized carbons (Fsp3) is 0.455. The molecule has 3 aromatic rings. The topological polar surface area (TPSA) is 89.2 Å². The number of benzene rings is 1. The molecule has 8 nitrogen and oxygen atoms in total. The van der Waals surface area contributed by atoms with Gasteiger partial charge in [-0.3, -0.25) is 0 Å². The molecule has 0 amide bonds. The highest BCUT2D eigenvalue weighted by Crippen LogP contribution is 2.17. The molecule has 166 valence electrons. The highest BCUT2D eigenvalue weighted by atomic mass is 32.1. The van der Waals surface area contributed by atoms with Crippen LogP contribution in [0.5, 0.6) is 5.75 Å². The third-order valence-corrected chi connectivity index (χ3v) is 5.86. The molecule has 0 saturated heterocycles. The molecule has 1 aromatic carbocycles. The van der Waals surface area contributed by atoms with E-state index in [1.54, 1.807) is 18.4 Å². The van der Waals surface area contributed by atoms with Gasteiger partial charge in [-0.1, -0.05) is 26.0 Å². The van der Waals surface area contributed by atoms with Crippen LogP contribution in [0.3, 0.4) is 0 Å². The van der Waals surface area contributed by atoms with Gasteiger partial charge in [0.25, 0.3) is 0 Å². The first-order valence-electron chi connectivity index (χ1n) is 10.4. The third kappa shape index (κ3) is 6.52. The summed E-state index contributed by atoms with van der Waals surface area (Å²) in [5.41, 5.74) is 2.36. The van der Waals surface area contributed by atoms with Crippen molar-refractivity contribution in [1.29, 1.82) is 0 Å². The Bertz CT molecular complexity index is 992. The highest BCUT2D eigenvalue weighted by molar-refractivity contribution is 7.09. The van der Waals surface area contributed by atoms with Crippen LogP contribution in [-0.2, 0) is 26.6 Å². The molecule has 0 aliphatic heterocycles. The van der Waals surface area contributed by atoms with Crippen molar-refractivity contribution in [1.82, 2.24) is 30.4 Å². The Labute approximate surface area is 187 Å². The van der Waals surface area contributed by atoms with E-state index in [1.807, 2.05) is 30.7 Å². The highest BCUT2D eigenvalue weighted by Gasteiger charge is 2.08. The Hall–Kier alpha value is -2.94. The van der Waals surface area contributed by atoms with Gasteiger partial charge >= 0.3 is 0 Å². The number of ether oxygens (including phenoxy) is 1. The molecule has 9 heteroatoms. The van der Waals surface area contributed by atoms with Gasteiger partial charge in [-0.05, 0) is 37.0 Å². The van der Waals surface area contributed by atoms with E-state index in [0.717, 1.165) is 47.0 Å². The maximum atomic E-state index is 5.22. The summed E-state index contributed by atoms with van der Waals surface area (Å²) in [5.74, 6) is 3.72. The van der Waals surface area contributed by atoms with Crippen molar-refractivity contribution in [3.63, 3.8) is 0 Å². The first kappa shape index (κ1) is 22.7. The van der Waals surface area contributed by atoms with Crippen LogP contribution in [0, 0.1) is 6.92 Å². The molecule has 2 heterocycles. The number of nitrogens with one attached hydrogen (secondary N) is 2. The fourth-order valence-corrected chi connectivity index (χ4v) is 3.76. The summed E-state index contributed by atoms with van der Waals surface area (Å²) in [6.07, 6.45) is 0.877. The zero-order chi connectivity index (χ0) is 22.2. The van der Waals surface area contributed by atoms with Crippen LogP contribution in [0.2, 0.25) is 0 Å². The molecule has 3 rings (SSSR count). The third-order valence-electron chi connectivity index (χ3n) is 4.99. The van der Waals surface area contributed by atoms with Crippen molar-refractivity contribution in [3.8, 4) is 5.75 Å². The van der Waals surface area contributed by atoms with Gasteiger partial charge in [0.05, 0.1) is 19.3 Å². The van der Waals surface area contributed by atoms with Crippen LogP contribution in [0.15, 0.2) is 34.6 Å². The van der Waals surface area contributed by atoms with E-state index in [-0.39, 0.29) is 0 Å². The molecular formula is C22H31N7OS. The summed E-state index contributed by atoms with van der Waals surface area (Å²) in [6.45, 7) is 8.08. The van der Waals surface area contributed by atoms with Gasteiger partial charge in [0.15, 0.2) is 11.8 Å². The molecule has 0 atom stereocenters. The van der Waals surface area contributed by atoms with Gasteiger partial charge < -0.3 is 19.9 Å². The quantitative estimate of drug-likeness (QED) is 0.392. The maximum absolute atomic E-state index is 5.22. The van der Waals surface area contributed by atoms with Crippen molar-refractivity contribution in [2.45, 2.75) is 46.2 Å². The minimum Gasteiger partial charge on any atom is -0.497 e. The number of hydrogen-bond acceptors (Lipinski definition) is 6. The Morgan fingerprint density at radius 1 is 1.19 bits per heavy atom. The summed E-state index contributed by atoms with van der Waals surface area (Å²) in [4.78, 5) is 9.41. The molecule has 0 fully saturated rings. The van der Waals surface area contributed by atoms with Crippen LogP contribution in [0.25, 0.3) is 0 Å². The predicted octanol–water partition coefficient (Wildman–Crippen LogP) is 3.19. The summed E-state index contributed by atoms with van der Waals surface area (Å²) < 4.78 is 7.18. The number of hydrogen-bond donors (Lipinski definition) is 2. The van der Waals surface area contributed by atoms with Crippen LogP contribution >= 0.6 is 11.3 Å². The average Bonchev–Trinajstić information content (AvgIpc) is 3.38. The van der Waals surface area contributed by atoms with Crippen molar-refractivity contribution in [2.75, 3.05) is 13.7 Å². The van der Waals surface area contributed by atoms with Crippen LogP contribution in [-0.4, -0.2) is 39.4 Å². The number of aliphatic imine (C=N–C) groups is 1. The first-order valence-corrected chi connectivity index (χ1v) is 11.3. The Balaban J connectivity index is 1.62. The number of nitrogens with zero attached hydrogens (tertiary/aromatic N) is 5. The van der Waals surface area contributed by atoms with Gasteiger partial charge in [-0.15, -0.1) is 21.5 Å². The number of rotatable bonds is 9. The molecule has 0 saturated carbocycles. The lowest BCUT2D eigenvalue weighted by Gasteiger charge is -2.12. The van der Waals surface area contributed by atoms with Gasteiger partial charge in [0.1, 0.15) is 23.1 Å². The first-order chi connectivity index (χ1) is 15.0. The average molecular weight is 442 g/mol. The van der Waals surface area contributed by atoms with E-state index in [4.69, 9.17) is 14.7 Å². The van der Waals surface area contributed by atoms with Gasteiger partial charge in [0, 0.05) is 19.0 Å². The minimum atomic E-state index is 0.430. The summed E-state index contributed by atoms with van der Waals surface area (Å²) >= 11 is 1.67. The van der Waals surface area contributed by atoms with Crippen molar-refractivity contribution < 1.29 is 4.74 Å². The second-order valence-electron chi connectivity index (χ2n) is 7.59. The molecule has 0 radical (unpaired) electrons. The molecule has 0 spiro atoms. The smallest absolute Gasteiger partial charge is 0.192 e. The monoisotopic (exact) mass is 441 g/mol. The van der Waals surface area contributed by atoms with Crippen LogP contribution in [0.4, 0.5) is 0 Å². The van der Waals surface area contributed by atoms with Gasteiger partial charge in [0.2, 0.25) is 0 Å². The lowest BCUT2D eigenvalue weighted by molar-refractivity contribution is 0.414. The zero-order valence-corrected chi connectivity index (χ0v) is 19.7. The van der Waals surface area contributed by atoms with Crippen LogP contribution in [0.1, 0.15) is 47.7 Å². The second kappa shape index (κ2) is 10.9. The van der Waals surface area contributed by atoms with Crippen LogP contribution < -0.4 is 15.4 Å². The lowest BCUT2D eigenvalue weighted by Crippen LogP contribution is -2.38. The van der Waals surface area contributed by atoms with E-state index >= 15 is 0 Å². The molecule has 0 aliphatic rings. The molecule has 0 aliphatic carbocycles. The Morgan fingerprint density at radius 3 is 2.58 bits per heavy atom. The standard InChI is InChI=1S/C22H31N7OS/c1-15(2)19-14-31-21(26-19)13-25-22(24-12-20-28-27-16(3)29(20)4)23-11-10-17-6-8-18(30-5)9-7-17/h6-9,14-15H,10-13H2,1-5H3,(H2,23,24,25). The minimum absolute atomic E-state index is 0.430. The lowest BCUT2D eigenvalue weighted by atomic mass is 10.1. The van der Waals surface area contributed by atoms with Crippen molar-refractivity contribution in [2.24, 2.45) is 12.0 Å². The number of thiazole rings is 1. The molecular weight excluding hydrogens is 410 g/mol. The van der Waals surface area contributed by atoms with Gasteiger partial charge in [-0.2, -0.15) is 0 Å². The van der Waals surface area contributed by atoms with Gasteiger partial charge in [-0.25, -0.2) is 9.98 Å². The molecule has 2 N–H and O–H groups in total. The van der Waals surface area contributed by atoms with E-state index < -0.39 is 0 Å².